The molecule has 2 aromatic heterocycles. The molecule has 0 aliphatic heterocycles. The Hall–Kier alpha value is -1.23. The molecule has 0 bridgehead atoms. The molecule has 0 spiro atoms. The average molecular weight is 250 g/mol. The van der Waals surface area contributed by atoms with Crippen molar-refractivity contribution in [3.63, 3.8) is 0 Å². The minimum atomic E-state index is 0.512. The Labute approximate surface area is 106 Å². The van der Waals surface area contributed by atoms with Crippen LogP contribution in [0.3, 0.4) is 0 Å². The molecule has 1 N–H and O–H groups in total. The normalized spacial score (nSPS) is 11.6. The van der Waals surface area contributed by atoms with Gasteiger partial charge in [0.2, 0.25) is 0 Å². The van der Waals surface area contributed by atoms with Gasteiger partial charge in [-0.1, -0.05) is 27.7 Å². The first-order valence-electron chi connectivity index (χ1n) is 5.93. The number of aromatic nitrogens is 4. The van der Waals surface area contributed by atoms with E-state index in [-0.39, 0.29) is 0 Å². The van der Waals surface area contributed by atoms with Crippen molar-refractivity contribution in [1.29, 1.82) is 0 Å². The summed E-state index contributed by atoms with van der Waals surface area (Å²) in [6.45, 7) is 8.86. The van der Waals surface area contributed by atoms with E-state index in [1.165, 1.54) is 16.9 Å². The number of hydrogen-bond donors (Lipinski definition) is 1. The molecule has 2 rings (SSSR count). The van der Waals surface area contributed by atoms with Gasteiger partial charge in [0.25, 0.3) is 0 Å². The van der Waals surface area contributed by atoms with Crippen LogP contribution in [0, 0.1) is 5.92 Å². The lowest BCUT2D eigenvalue weighted by Crippen LogP contribution is -1.99. The molecule has 0 amide bonds. The number of nitrogens with zero attached hydrogens (tertiary/aromatic N) is 3. The highest BCUT2D eigenvalue weighted by Crippen LogP contribution is 2.32. The van der Waals surface area contributed by atoms with Crippen LogP contribution in [0.5, 0.6) is 0 Å². The van der Waals surface area contributed by atoms with Crippen LogP contribution in [-0.2, 0) is 6.42 Å². The quantitative estimate of drug-likeness (QED) is 0.906. The SMILES string of the molecule is CC(C)Cc1nc(-c2ncn[nH]2)sc1C(C)C. The Balaban J connectivity index is 2.37. The third-order valence-electron chi connectivity index (χ3n) is 2.47. The molecule has 2 aromatic rings. The Kier molecular flexibility index (Phi) is 3.57. The molecule has 92 valence electrons. The Morgan fingerprint density at radius 3 is 2.59 bits per heavy atom. The van der Waals surface area contributed by atoms with Crippen LogP contribution >= 0.6 is 11.3 Å². The highest BCUT2D eigenvalue weighted by Gasteiger charge is 2.17. The van der Waals surface area contributed by atoms with E-state index in [1.807, 2.05) is 0 Å². The van der Waals surface area contributed by atoms with E-state index in [4.69, 9.17) is 4.98 Å². The van der Waals surface area contributed by atoms with Crippen LogP contribution in [0.4, 0.5) is 0 Å². The van der Waals surface area contributed by atoms with Crippen LogP contribution in [0.15, 0.2) is 6.33 Å². The average Bonchev–Trinajstić information content (AvgIpc) is 2.82. The smallest absolute Gasteiger partial charge is 0.184 e. The summed E-state index contributed by atoms with van der Waals surface area (Å²) in [5.74, 6) is 1.90. The molecule has 0 fully saturated rings. The predicted molar refractivity (Wildman–Crippen MR) is 70.1 cm³/mol. The van der Waals surface area contributed by atoms with Gasteiger partial charge in [0.15, 0.2) is 10.8 Å². The lowest BCUT2D eigenvalue weighted by atomic mass is 10.0. The first-order valence-corrected chi connectivity index (χ1v) is 6.75. The molecule has 17 heavy (non-hydrogen) atoms. The highest BCUT2D eigenvalue weighted by atomic mass is 32.1. The van der Waals surface area contributed by atoms with E-state index in [0.717, 1.165) is 17.3 Å². The molecule has 2 heterocycles. The van der Waals surface area contributed by atoms with Crippen molar-refractivity contribution in [2.75, 3.05) is 0 Å². The van der Waals surface area contributed by atoms with Gasteiger partial charge in [-0.3, -0.25) is 5.10 Å². The van der Waals surface area contributed by atoms with Gasteiger partial charge in [-0.25, -0.2) is 9.97 Å². The Morgan fingerprint density at radius 2 is 2.06 bits per heavy atom. The van der Waals surface area contributed by atoms with Crippen molar-refractivity contribution in [2.24, 2.45) is 5.92 Å². The van der Waals surface area contributed by atoms with Crippen molar-refractivity contribution in [3.8, 4) is 10.8 Å². The summed E-state index contributed by atoms with van der Waals surface area (Å²) >= 11 is 1.72. The second-order valence-corrected chi connectivity index (χ2v) is 5.95. The van der Waals surface area contributed by atoms with Crippen molar-refractivity contribution in [3.05, 3.63) is 16.9 Å². The predicted octanol–water partition coefficient (Wildman–Crippen LogP) is 3.25. The molecular formula is C12H18N4S. The molecule has 0 aliphatic rings. The summed E-state index contributed by atoms with van der Waals surface area (Å²) in [5, 5.41) is 7.69. The van der Waals surface area contributed by atoms with Gasteiger partial charge in [0.05, 0.1) is 5.69 Å². The van der Waals surface area contributed by atoms with Crippen molar-refractivity contribution < 1.29 is 0 Å². The van der Waals surface area contributed by atoms with Crippen molar-refractivity contribution >= 4 is 11.3 Å². The van der Waals surface area contributed by atoms with Crippen molar-refractivity contribution in [2.45, 2.75) is 40.0 Å². The third kappa shape index (κ3) is 2.72. The van der Waals surface area contributed by atoms with Crippen LogP contribution in [0.2, 0.25) is 0 Å². The standard InChI is InChI=1S/C12H18N4S/c1-7(2)5-9-10(8(3)4)17-12(15-9)11-13-6-14-16-11/h6-8H,5H2,1-4H3,(H,13,14,16). The lowest BCUT2D eigenvalue weighted by Gasteiger charge is -2.06. The zero-order chi connectivity index (χ0) is 12.4. The zero-order valence-corrected chi connectivity index (χ0v) is 11.5. The van der Waals surface area contributed by atoms with Crippen LogP contribution in [0.1, 0.15) is 44.2 Å². The lowest BCUT2D eigenvalue weighted by molar-refractivity contribution is 0.630. The fraction of sp³-hybridized carbons (Fsp3) is 0.583. The topological polar surface area (TPSA) is 54.5 Å². The fourth-order valence-corrected chi connectivity index (χ4v) is 2.80. The monoisotopic (exact) mass is 250 g/mol. The van der Waals surface area contributed by atoms with Gasteiger partial charge in [-0.05, 0) is 18.3 Å². The van der Waals surface area contributed by atoms with E-state index in [1.54, 1.807) is 11.3 Å². The van der Waals surface area contributed by atoms with E-state index in [2.05, 4.69) is 42.9 Å². The minimum Gasteiger partial charge on any atom is -0.257 e. The summed E-state index contributed by atoms with van der Waals surface area (Å²) in [6, 6.07) is 0. The number of H-pyrrole nitrogens is 1. The molecule has 0 atom stereocenters. The van der Waals surface area contributed by atoms with Gasteiger partial charge in [-0.15, -0.1) is 11.3 Å². The fourth-order valence-electron chi connectivity index (χ4n) is 1.76. The Bertz CT molecular complexity index is 471. The van der Waals surface area contributed by atoms with Gasteiger partial charge >= 0.3 is 0 Å². The van der Waals surface area contributed by atoms with Gasteiger partial charge in [0.1, 0.15) is 6.33 Å². The van der Waals surface area contributed by atoms with E-state index < -0.39 is 0 Å². The van der Waals surface area contributed by atoms with Gasteiger partial charge < -0.3 is 0 Å². The van der Waals surface area contributed by atoms with Crippen LogP contribution in [0.25, 0.3) is 10.8 Å². The highest BCUT2D eigenvalue weighted by molar-refractivity contribution is 7.15. The van der Waals surface area contributed by atoms with Crippen LogP contribution in [-0.4, -0.2) is 20.2 Å². The largest absolute Gasteiger partial charge is 0.257 e. The molecule has 5 heteroatoms. The number of aromatic amines is 1. The van der Waals surface area contributed by atoms with E-state index in [9.17, 15) is 0 Å². The number of hydrogen-bond acceptors (Lipinski definition) is 4. The first kappa shape index (κ1) is 12.2. The maximum Gasteiger partial charge on any atom is 0.184 e. The number of nitrogens with one attached hydrogen (secondary N) is 1. The molecule has 0 aliphatic carbocycles. The number of rotatable bonds is 4. The summed E-state index contributed by atoms with van der Waals surface area (Å²) < 4.78 is 0. The van der Waals surface area contributed by atoms with Gasteiger partial charge in [-0.2, -0.15) is 5.10 Å². The maximum atomic E-state index is 4.70. The molecular weight excluding hydrogens is 232 g/mol. The molecule has 0 saturated heterocycles. The molecule has 0 radical (unpaired) electrons. The molecule has 0 unspecified atom stereocenters. The molecule has 0 aromatic carbocycles. The van der Waals surface area contributed by atoms with Crippen LogP contribution < -0.4 is 0 Å². The number of thiazole rings is 1. The third-order valence-corrected chi connectivity index (χ3v) is 3.88. The summed E-state index contributed by atoms with van der Waals surface area (Å²) in [6.07, 6.45) is 2.55. The maximum absolute atomic E-state index is 4.70. The van der Waals surface area contributed by atoms with Crippen molar-refractivity contribution in [1.82, 2.24) is 20.2 Å². The van der Waals surface area contributed by atoms with E-state index in [0.29, 0.717) is 11.8 Å². The first-order chi connectivity index (χ1) is 8.08. The molecule has 4 nitrogen and oxygen atoms in total. The summed E-state index contributed by atoms with van der Waals surface area (Å²) in [4.78, 5) is 10.2. The second-order valence-electron chi connectivity index (χ2n) is 4.92. The Morgan fingerprint density at radius 1 is 1.29 bits per heavy atom. The summed E-state index contributed by atoms with van der Waals surface area (Å²) in [5.41, 5.74) is 1.21. The zero-order valence-electron chi connectivity index (χ0n) is 10.7. The molecule has 0 saturated carbocycles. The summed E-state index contributed by atoms with van der Waals surface area (Å²) in [7, 11) is 0. The van der Waals surface area contributed by atoms with E-state index >= 15 is 0 Å². The second kappa shape index (κ2) is 4.96. The minimum absolute atomic E-state index is 0.512. The van der Waals surface area contributed by atoms with Gasteiger partial charge in [0, 0.05) is 4.88 Å².